The monoisotopic (exact) mass is 338 g/mol. The molecule has 0 fully saturated rings. The van der Waals surface area contributed by atoms with Crippen LogP contribution in [0.15, 0.2) is 65.8 Å². The lowest BCUT2D eigenvalue weighted by atomic mass is 10.0. The quantitative estimate of drug-likeness (QED) is 0.570. The first kappa shape index (κ1) is 16.0. The van der Waals surface area contributed by atoms with Crippen LogP contribution in [0.2, 0.25) is 5.02 Å². The zero-order valence-corrected chi connectivity index (χ0v) is 13.7. The summed E-state index contributed by atoms with van der Waals surface area (Å²) in [5.74, 6) is 0.389. The van der Waals surface area contributed by atoms with Crippen LogP contribution in [0.4, 0.5) is 0 Å². The molecule has 1 N–H and O–H groups in total. The number of nitrogens with one attached hydrogen (secondary N) is 1. The highest BCUT2D eigenvalue weighted by molar-refractivity contribution is 6.30. The molecular weight excluding hydrogens is 324 g/mol. The maximum atomic E-state index is 12.1. The Morgan fingerprint density at radius 3 is 2.58 bits per heavy atom. The molecule has 0 aliphatic heterocycles. The van der Waals surface area contributed by atoms with Gasteiger partial charge in [0.25, 0.3) is 5.91 Å². The van der Waals surface area contributed by atoms with Gasteiger partial charge in [-0.15, -0.1) is 0 Å². The van der Waals surface area contributed by atoms with E-state index in [0.717, 1.165) is 16.3 Å². The van der Waals surface area contributed by atoms with Crippen LogP contribution in [0.25, 0.3) is 10.8 Å². The van der Waals surface area contributed by atoms with E-state index in [2.05, 4.69) is 10.5 Å². The Kier molecular flexibility index (Phi) is 4.77. The van der Waals surface area contributed by atoms with Gasteiger partial charge in [0.05, 0.1) is 13.3 Å². The SMILES string of the molecule is COc1ccc2ccccc2c1/C=N/NC(=O)c1ccc(Cl)cc1. The molecule has 0 heterocycles. The van der Waals surface area contributed by atoms with E-state index >= 15 is 0 Å². The third-order valence-corrected chi connectivity index (χ3v) is 3.87. The Hall–Kier alpha value is -2.85. The molecule has 3 rings (SSSR count). The van der Waals surface area contributed by atoms with Crippen molar-refractivity contribution in [2.45, 2.75) is 0 Å². The molecule has 0 bridgehead atoms. The summed E-state index contributed by atoms with van der Waals surface area (Å²) >= 11 is 5.81. The molecule has 4 nitrogen and oxygen atoms in total. The number of ether oxygens (including phenoxy) is 1. The van der Waals surface area contributed by atoms with Gasteiger partial charge < -0.3 is 4.74 Å². The number of nitrogens with zero attached hydrogens (tertiary/aromatic N) is 1. The molecule has 0 saturated carbocycles. The highest BCUT2D eigenvalue weighted by atomic mass is 35.5. The molecule has 120 valence electrons. The fourth-order valence-electron chi connectivity index (χ4n) is 2.41. The minimum Gasteiger partial charge on any atom is -0.496 e. The molecule has 0 radical (unpaired) electrons. The molecule has 0 saturated heterocycles. The number of carbonyl (C=O) groups excluding carboxylic acids is 1. The predicted octanol–water partition coefficient (Wildman–Crippen LogP) is 4.27. The summed E-state index contributed by atoms with van der Waals surface area (Å²) in [5, 5.41) is 6.71. The number of carbonyl (C=O) groups is 1. The zero-order chi connectivity index (χ0) is 16.9. The average molecular weight is 339 g/mol. The highest BCUT2D eigenvalue weighted by Crippen LogP contribution is 2.26. The van der Waals surface area contributed by atoms with Crippen LogP contribution in [-0.4, -0.2) is 19.2 Å². The Morgan fingerprint density at radius 1 is 1.08 bits per heavy atom. The third-order valence-electron chi connectivity index (χ3n) is 3.62. The highest BCUT2D eigenvalue weighted by Gasteiger charge is 2.07. The number of amides is 1. The van der Waals surface area contributed by atoms with Crippen molar-refractivity contribution in [3.8, 4) is 5.75 Å². The standard InChI is InChI=1S/C19H15ClN2O2/c1-24-18-11-8-13-4-2-3-5-16(13)17(18)12-21-22-19(23)14-6-9-15(20)10-7-14/h2-12H,1H3,(H,22,23)/b21-12+. The van der Waals surface area contributed by atoms with Gasteiger partial charge in [-0.05, 0) is 41.1 Å². The van der Waals surface area contributed by atoms with Crippen molar-refractivity contribution >= 4 is 34.5 Å². The van der Waals surface area contributed by atoms with Crippen molar-refractivity contribution in [3.63, 3.8) is 0 Å². The van der Waals surface area contributed by atoms with Crippen LogP contribution in [0, 0.1) is 0 Å². The second-order valence-corrected chi connectivity index (χ2v) is 5.55. The van der Waals surface area contributed by atoms with Crippen LogP contribution < -0.4 is 10.2 Å². The van der Waals surface area contributed by atoms with Crippen LogP contribution in [-0.2, 0) is 0 Å². The van der Waals surface area contributed by atoms with Crippen molar-refractivity contribution in [1.29, 1.82) is 0 Å². The van der Waals surface area contributed by atoms with Gasteiger partial charge in [-0.1, -0.05) is 41.9 Å². The van der Waals surface area contributed by atoms with E-state index in [-0.39, 0.29) is 5.91 Å². The first-order chi connectivity index (χ1) is 11.7. The van der Waals surface area contributed by atoms with Crippen molar-refractivity contribution < 1.29 is 9.53 Å². The fraction of sp³-hybridized carbons (Fsp3) is 0.0526. The molecule has 0 spiro atoms. The summed E-state index contributed by atoms with van der Waals surface area (Å²) < 4.78 is 5.39. The van der Waals surface area contributed by atoms with Gasteiger partial charge in [-0.3, -0.25) is 4.79 Å². The molecule has 0 unspecified atom stereocenters. The molecule has 0 aromatic heterocycles. The van der Waals surface area contributed by atoms with Crippen molar-refractivity contribution in [2.24, 2.45) is 5.10 Å². The van der Waals surface area contributed by atoms with Gasteiger partial charge in [-0.2, -0.15) is 5.10 Å². The van der Waals surface area contributed by atoms with E-state index in [0.29, 0.717) is 16.3 Å². The number of methoxy groups -OCH3 is 1. The Balaban J connectivity index is 1.85. The molecule has 1 amide bonds. The summed E-state index contributed by atoms with van der Waals surface area (Å²) in [6.07, 6.45) is 1.59. The van der Waals surface area contributed by atoms with E-state index in [4.69, 9.17) is 16.3 Å². The minimum atomic E-state index is -0.304. The van der Waals surface area contributed by atoms with Gasteiger partial charge in [0.15, 0.2) is 0 Å². The maximum Gasteiger partial charge on any atom is 0.271 e. The second kappa shape index (κ2) is 7.15. The molecule has 3 aromatic rings. The average Bonchev–Trinajstić information content (AvgIpc) is 2.62. The first-order valence-electron chi connectivity index (χ1n) is 7.34. The summed E-state index contributed by atoms with van der Waals surface area (Å²) in [7, 11) is 1.60. The topological polar surface area (TPSA) is 50.7 Å². The van der Waals surface area contributed by atoms with E-state index in [1.165, 1.54) is 0 Å². The van der Waals surface area contributed by atoms with E-state index in [9.17, 15) is 4.79 Å². The van der Waals surface area contributed by atoms with Gasteiger partial charge in [0.1, 0.15) is 5.75 Å². The van der Waals surface area contributed by atoms with Crippen LogP contribution in [0.3, 0.4) is 0 Å². The lowest BCUT2D eigenvalue weighted by molar-refractivity contribution is 0.0955. The van der Waals surface area contributed by atoms with Gasteiger partial charge in [0, 0.05) is 16.1 Å². The van der Waals surface area contributed by atoms with E-state index < -0.39 is 0 Å². The van der Waals surface area contributed by atoms with Crippen molar-refractivity contribution in [1.82, 2.24) is 5.43 Å². The zero-order valence-electron chi connectivity index (χ0n) is 13.0. The lowest BCUT2D eigenvalue weighted by Gasteiger charge is -2.08. The molecule has 0 aliphatic carbocycles. The van der Waals surface area contributed by atoms with Crippen molar-refractivity contribution in [3.05, 3.63) is 76.8 Å². The summed E-state index contributed by atoms with van der Waals surface area (Å²) in [5.41, 5.74) is 3.81. The molecule has 0 aliphatic rings. The van der Waals surface area contributed by atoms with Crippen molar-refractivity contribution in [2.75, 3.05) is 7.11 Å². The molecular formula is C19H15ClN2O2. The Morgan fingerprint density at radius 2 is 1.83 bits per heavy atom. The summed E-state index contributed by atoms with van der Waals surface area (Å²) in [6, 6.07) is 18.4. The maximum absolute atomic E-state index is 12.1. The van der Waals surface area contributed by atoms with Crippen LogP contribution >= 0.6 is 11.6 Å². The Labute approximate surface area is 144 Å². The number of hydrogen-bond acceptors (Lipinski definition) is 3. The third kappa shape index (κ3) is 3.39. The Bertz CT molecular complexity index is 905. The molecule has 24 heavy (non-hydrogen) atoms. The fourth-order valence-corrected chi connectivity index (χ4v) is 2.53. The molecule has 3 aromatic carbocycles. The summed E-state index contributed by atoms with van der Waals surface area (Å²) in [6.45, 7) is 0. The first-order valence-corrected chi connectivity index (χ1v) is 7.71. The number of hydrazone groups is 1. The number of halogens is 1. The van der Waals surface area contributed by atoms with Crippen LogP contribution in [0.5, 0.6) is 5.75 Å². The second-order valence-electron chi connectivity index (χ2n) is 5.11. The smallest absolute Gasteiger partial charge is 0.271 e. The molecule has 5 heteroatoms. The normalized spacial score (nSPS) is 10.9. The molecule has 0 atom stereocenters. The minimum absolute atomic E-state index is 0.304. The van der Waals surface area contributed by atoms with Crippen LogP contribution in [0.1, 0.15) is 15.9 Å². The van der Waals surface area contributed by atoms with Gasteiger partial charge >= 0.3 is 0 Å². The number of hydrogen-bond donors (Lipinski definition) is 1. The van der Waals surface area contributed by atoms with E-state index in [1.807, 2.05) is 36.4 Å². The van der Waals surface area contributed by atoms with Gasteiger partial charge in [-0.25, -0.2) is 5.43 Å². The van der Waals surface area contributed by atoms with E-state index in [1.54, 1.807) is 37.6 Å². The number of benzene rings is 3. The predicted molar refractivity (Wildman–Crippen MR) is 97.0 cm³/mol. The lowest BCUT2D eigenvalue weighted by Crippen LogP contribution is -2.17. The van der Waals surface area contributed by atoms with Gasteiger partial charge in [0.2, 0.25) is 0 Å². The summed E-state index contributed by atoms with van der Waals surface area (Å²) in [4.78, 5) is 12.1. The number of fused-ring (bicyclic) bond motifs is 1. The largest absolute Gasteiger partial charge is 0.496 e. The number of rotatable bonds is 4.